The second kappa shape index (κ2) is 10.9. The Bertz CT molecular complexity index is 836. The molecule has 0 aliphatic carbocycles. The van der Waals surface area contributed by atoms with Crippen LogP contribution in [0, 0.1) is 5.92 Å². The predicted octanol–water partition coefficient (Wildman–Crippen LogP) is 5.18. The van der Waals surface area contributed by atoms with Crippen LogP contribution in [0.2, 0.25) is 0 Å². The Balaban J connectivity index is 1.68. The molecular formula is C26H37NO4. The third kappa shape index (κ3) is 6.14. The largest absolute Gasteiger partial charge is 0.496 e. The lowest BCUT2D eigenvalue weighted by atomic mass is 9.75. The lowest BCUT2D eigenvalue weighted by Gasteiger charge is -2.40. The van der Waals surface area contributed by atoms with E-state index in [2.05, 4.69) is 43.4 Å². The van der Waals surface area contributed by atoms with E-state index in [0.717, 1.165) is 56.2 Å². The molecule has 1 heterocycles. The Labute approximate surface area is 187 Å². The van der Waals surface area contributed by atoms with Gasteiger partial charge in [0.1, 0.15) is 5.75 Å². The molecule has 0 saturated carbocycles. The molecule has 31 heavy (non-hydrogen) atoms. The van der Waals surface area contributed by atoms with E-state index >= 15 is 0 Å². The SMILES string of the molecule is COc1ccc(CNCC[C@@H](c2ccccc2OC)[C@@H]2CCOC(C)(C)C2)cc1OC. The molecule has 1 fully saturated rings. The van der Waals surface area contributed by atoms with Crippen LogP contribution in [0.25, 0.3) is 0 Å². The summed E-state index contributed by atoms with van der Waals surface area (Å²) in [6.45, 7) is 6.94. The van der Waals surface area contributed by atoms with E-state index in [-0.39, 0.29) is 5.60 Å². The van der Waals surface area contributed by atoms with Gasteiger partial charge in [0, 0.05) is 13.2 Å². The molecule has 1 aliphatic rings. The molecule has 2 atom stereocenters. The molecule has 1 N–H and O–H groups in total. The minimum Gasteiger partial charge on any atom is -0.496 e. The van der Waals surface area contributed by atoms with Crippen LogP contribution in [0.15, 0.2) is 42.5 Å². The summed E-state index contributed by atoms with van der Waals surface area (Å²) in [5.41, 5.74) is 2.41. The Hall–Kier alpha value is -2.24. The van der Waals surface area contributed by atoms with E-state index in [1.165, 1.54) is 11.1 Å². The van der Waals surface area contributed by atoms with Crippen LogP contribution >= 0.6 is 0 Å². The zero-order valence-electron chi connectivity index (χ0n) is 19.6. The number of hydrogen-bond donors (Lipinski definition) is 1. The van der Waals surface area contributed by atoms with E-state index in [1.54, 1.807) is 21.3 Å². The summed E-state index contributed by atoms with van der Waals surface area (Å²) in [5, 5.41) is 3.62. The van der Waals surface area contributed by atoms with Gasteiger partial charge in [0.15, 0.2) is 11.5 Å². The molecule has 0 radical (unpaired) electrons. The maximum atomic E-state index is 5.99. The molecular weight excluding hydrogens is 390 g/mol. The summed E-state index contributed by atoms with van der Waals surface area (Å²) in [5.74, 6) is 3.50. The van der Waals surface area contributed by atoms with Crippen LogP contribution in [0.1, 0.15) is 50.2 Å². The highest BCUT2D eigenvalue weighted by Gasteiger charge is 2.34. The summed E-state index contributed by atoms with van der Waals surface area (Å²) in [4.78, 5) is 0. The van der Waals surface area contributed by atoms with Crippen molar-refractivity contribution in [3.05, 3.63) is 53.6 Å². The Kier molecular flexibility index (Phi) is 8.22. The smallest absolute Gasteiger partial charge is 0.161 e. The minimum atomic E-state index is -0.0732. The van der Waals surface area contributed by atoms with Gasteiger partial charge in [-0.15, -0.1) is 0 Å². The number of methoxy groups -OCH3 is 3. The first-order valence-electron chi connectivity index (χ1n) is 11.2. The number of para-hydroxylation sites is 1. The zero-order chi connectivity index (χ0) is 22.3. The summed E-state index contributed by atoms with van der Waals surface area (Å²) < 4.78 is 22.5. The molecule has 5 nitrogen and oxygen atoms in total. The summed E-state index contributed by atoms with van der Waals surface area (Å²) in [6, 6.07) is 14.5. The average molecular weight is 428 g/mol. The van der Waals surface area contributed by atoms with Crippen LogP contribution in [0.5, 0.6) is 17.2 Å². The maximum Gasteiger partial charge on any atom is 0.161 e. The molecule has 0 amide bonds. The minimum absolute atomic E-state index is 0.0732. The maximum absolute atomic E-state index is 5.99. The van der Waals surface area contributed by atoms with E-state index in [9.17, 15) is 0 Å². The van der Waals surface area contributed by atoms with Crippen LogP contribution in [-0.4, -0.2) is 40.1 Å². The first kappa shape index (κ1) is 23.4. The summed E-state index contributed by atoms with van der Waals surface area (Å²) >= 11 is 0. The van der Waals surface area contributed by atoms with Gasteiger partial charge in [-0.05, 0) is 80.8 Å². The fourth-order valence-corrected chi connectivity index (χ4v) is 4.72. The van der Waals surface area contributed by atoms with Crippen LogP contribution in [0.3, 0.4) is 0 Å². The molecule has 0 spiro atoms. The molecule has 0 aromatic heterocycles. The van der Waals surface area contributed by atoms with Crippen LogP contribution < -0.4 is 19.5 Å². The number of ether oxygens (including phenoxy) is 4. The molecule has 5 heteroatoms. The third-order valence-electron chi connectivity index (χ3n) is 6.25. The van der Waals surface area contributed by atoms with Gasteiger partial charge in [0.05, 0.1) is 26.9 Å². The predicted molar refractivity (Wildman–Crippen MR) is 124 cm³/mol. The van der Waals surface area contributed by atoms with Crippen LogP contribution in [-0.2, 0) is 11.3 Å². The number of rotatable bonds is 10. The molecule has 170 valence electrons. The van der Waals surface area contributed by atoms with Gasteiger partial charge in [0.25, 0.3) is 0 Å². The molecule has 3 rings (SSSR count). The average Bonchev–Trinajstić information content (AvgIpc) is 2.78. The normalized spacial score (nSPS) is 18.9. The molecule has 2 aromatic carbocycles. The van der Waals surface area contributed by atoms with Gasteiger partial charge in [-0.25, -0.2) is 0 Å². The first-order valence-corrected chi connectivity index (χ1v) is 11.2. The highest BCUT2D eigenvalue weighted by atomic mass is 16.5. The lowest BCUT2D eigenvalue weighted by Crippen LogP contribution is -2.37. The van der Waals surface area contributed by atoms with Crippen LogP contribution in [0.4, 0.5) is 0 Å². The van der Waals surface area contributed by atoms with Gasteiger partial charge >= 0.3 is 0 Å². The molecule has 0 bridgehead atoms. The van der Waals surface area contributed by atoms with Gasteiger partial charge in [-0.3, -0.25) is 0 Å². The van der Waals surface area contributed by atoms with Crippen molar-refractivity contribution in [1.29, 1.82) is 0 Å². The fraction of sp³-hybridized carbons (Fsp3) is 0.538. The fourth-order valence-electron chi connectivity index (χ4n) is 4.72. The van der Waals surface area contributed by atoms with Crippen molar-refractivity contribution in [2.75, 3.05) is 34.5 Å². The van der Waals surface area contributed by atoms with Crippen molar-refractivity contribution in [1.82, 2.24) is 5.32 Å². The van der Waals surface area contributed by atoms with Crippen molar-refractivity contribution in [2.45, 2.75) is 51.2 Å². The van der Waals surface area contributed by atoms with Gasteiger partial charge in [-0.2, -0.15) is 0 Å². The number of hydrogen-bond acceptors (Lipinski definition) is 5. The second-order valence-electron chi connectivity index (χ2n) is 8.86. The van der Waals surface area contributed by atoms with E-state index in [0.29, 0.717) is 11.8 Å². The summed E-state index contributed by atoms with van der Waals surface area (Å²) in [6.07, 6.45) is 3.20. The highest BCUT2D eigenvalue weighted by molar-refractivity contribution is 5.42. The van der Waals surface area contributed by atoms with Crippen molar-refractivity contribution in [3.63, 3.8) is 0 Å². The standard InChI is InChI=1S/C26H37NO4/c1-26(2)17-20(13-15-31-26)21(22-8-6-7-9-23(22)28-3)12-14-27-18-19-10-11-24(29-4)25(16-19)30-5/h6-11,16,20-21,27H,12-15,17-18H2,1-5H3/t20-,21-/m1/s1. The molecule has 1 aliphatic heterocycles. The second-order valence-corrected chi connectivity index (χ2v) is 8.86. The molecule has 2 aromatic rings. The summed E-state index contributed by atoms with van der Waals surface area (Å²) in [7, 11) is 5.09. The first-order chi connectivity index (χ1) is 15.0. The van der Waals surface area contributed by atoms with Crippen molar-refractivity contribution >= 4 is 0 Å². The topological polar surface area (TPSA) is 49.0 Å². The number of benzene rings is 2. The zero-order valence-corrected chi connectivity index (χ0v) is 19.6. The Morgan fingerprint density at radius 3 is 2.45 bits per heavy atom. The quantitative estimate of drug-likeness (QED) is 0.530. The van der Waals surface area contributed by atoms with Gasteiger partial charge in [0.2, 0.25) is 0 Å². The van der Waals surface area contributed by atoms with Crippen molar-refractivity contribution in [3.8, 4) is 17.2 Å². The van der Waals surface area contributed by atoms with Crippen molar-refractivity contribution in [2.24, 2.45) is 5.92 Å². The number of nitrogens with one attached hydrogen (secondary N) is 1. The molecule has 0 unspecified atom stereocenters. The molecule has 1 saturated heterocycles. The lowest BCUT2D eigenvalue weighted by molar-refractivity contribution is -0.0772. The Morgan fingerprint density at radius 1 is 1.00 bits per heavy atom. The van der Waals surface area contributed by atoms with E-state index in [1.807, 2.05) is 18.2 Å². The van der Waals surface area contributed by atoms with E-state index in [4.69, 9.17) is 18.9 Å². The van der Waals surface area contributed by atoms with Crippen molar-refractivity contribution < 1.29 is 18.9 Å². The highest BCUT2D eigenvalue weighted by Crippen LogP contribution is 2.42. The van der Waals surface area contributed by atoms with E-state index < -0.39 is 0 Å². The van der Waals surface area contributed by atoms with Gasteiger partial charge < -0.3 is 24.3 Å². The monoisotopic (exact) mass is 427 g/mol. The van der Waals surface area contributed by atoms with Gasteiger partial charge in [-0.1, -0.05) is 24.3 Å². The third-order valence-corrected chi connectivity index (χ3v) is 6.25. The Morgan fingerprint density at radius 2 is 1.74 bits per heavy atom.